The van der Waals surface area contributed by atoms with Crippen molar-refractivity contribution in [2.75, 3.05) is 13.2 Å². The minimum Gasteiger partial charge on any atom is -0.494 e. The van der Waals surface area contributed by atoms with Crippen molar-refractivity contribution < 1.29 is 14.3 Å². The van der Waals surface area contributed by atoms with Crippen molar-refractivity contribution in [1.82, 2.24) is 9.55 Å². The van der Waals surface area contributed by atoms with Crippen LogP contribution in [0.5, 0.6) is 5.75 Å². The number of hydrogen-bond acceptors (Lipinski definition) is 6. The van der Waals surface area contributed by atoms with Gasteiger partial charge >= 0.3 is 5.97 Å². The lowest BCUT2D eigenvalue weighted by atomic mass is 10.0. The van der Waals surface area contributed by atoms with E-state index < -0.39 is 0 Å². The zero-order valence-corrected chi connectivity index (χ0v) is 17.4. The van der Waals surface area contributed by atoms with Gasteiger partial charge in [0.25, 0.3) is 5.56 Å². The van der Waals surface area contributed by atoms with E-state index in [4.69, 9.17) is 9.47 Å². The summed E-state index contributed by atoms with van der Waals surface area (Å²) in [7, 11) is 0. The summed E-state index contributed by atoms with van der Waals surface area (Å²) in [5.41, 5.74) is 1.72. The van der Waals surface area contributed by atoms with Crippen LogP contribution in [0.3, 0.4) is 0 Å². The van der Waals surface area contributed by atoms with Crippen molar-refractivity contribution in [2.45, 2.75) is 40.7 Å². The zero-order valence-electron chi connectivity index (χ0n) is 16.6. The molecule has 3 aromatic rings. The van der Waals surface area contributed by atoms with Crippen molar-refractivity contribution in [2.24, 2.45) is 0 Å². The summed E-state index contributed by atoms with van der Waals surface area (Å²) in [6, 6.07) is 7.73. The summed E-state index contributed by atoms with van der Waals surface area (Å²) in [6.07, 6.45) is 0.142. The number of fused-ring (bicyclic) bond motifs is 1. The van der Waals surface area contributed by atoms with Gasteiger partial charge in [-0.25, -0.2) is 4.98 Å². The lowest BCUT2D eigenvalue weighted by Gasteiger charge is -2.10. The summed E-state index contributed by atoms with van der Waals surface area (Å²) in [5, 5.41) is 0.598. The minimum absolute atomic E-state index is 0.125. The predicted octanol–water partition coefficient (Wildman–Crippen LogP) is 4.09. The van der Waals surface area contributed by atoms with E-state index in [9.17, 15) is 9.59 Å². The second kappa shape index (κ2) is 8.56. The van der Waals surface area contributed by atoms with Crippen molar-refractivity contribution >= 4 is 27.5 Å². The smallest absolute Gasteiger partial charge is 0.307 e. The Hall–Kier alpha value is -2.67. The molecule has 0 atom stereocenters. The predicted molar refractivity (Wildman–Crippen MR) is 111 cm³/mol. The number of thiophene rings is 1. The first-order valence-corrected chi connectivity index (χ1v) is 10.2. The Morgan fingerprint density at radius 3 is 2.50 bits per heavy atom. The molecule has 0 aliphatic heterocycles. The molecule has 0 saturated carbocycles. The highest BCUT2D eigenvalue weighted by atomic mass is 32.1. The summed E-state index contributed by atoms with van der Waals surface area (Å²) < 4.78 is 12.0. The average Bonchev–Trinajstić information content (AvgIpc) is 2.98. The fraction of sp³-hybridized carbons (Fsp3) is 0.381. The third-order valence-corrected chi connectivity index (χ3v) is 5.48. The molecule has 7 heteroatoms. The van der Waals surface area contributed by atoms with Crippen molar-refractivity contribution in [3.05, 3.63) is 45.3 Å². The Morgan fingerprint density at radius 2 is 1.86 bits per heavy atom. The van der Waals surface area contributed by atoms with Crippen molar-refractivity contribution in [1.29, 1.82) is 0 Å². The molecular formula is C21H24N2O4S. The molecule has 2 aromatic heterocycles. The van der Waals surface area contributed by atoms with Crippen LogP contribution in [0.15, 0.2) is 29.1 Å². The van der Waals surface area contributed by atoms with Gasteiger partial charge in [-0.15, -0.1) is 11.3 Å². The van der Waals surface area contributed by atoms with E-state index in [0.29, 0.717) is 24.4 Å². The van der Waals surface area contributed by atoms with Gasteiger partial charge < -0.3 is 9.47 Å². The highest BCUT2D eigenvalue weighted by Crippen LogP contribution is 2.36. The number of rotatable bonds is 7. The summed E-state index contributed by atoms with van der Waals surface area (Å²) in [6.45, 7) is 8.68. The van der Waals surface area contributed by atoms with E-state index in [1.165, 1.54) is 11.3 Å². The Morgan fingerprint density at radius 1 is 1.14 bits per heavy atom. The summed E-state index contributed by atoms with van der Waals surface area (Å²) >= 11 is 1.51. The highest BCUT2D eigenvalue weighted by Gasteiger charge is 2.19. The van der Waals surface area contributed by atoms with Crippen LogP contribution in [-0.2, 0) is 16.1 Å². The average molecular weight is 401 g/mol. The monoisotopic (exact) mass is 400 g/mol. The van der Waals surface area contributed by atoms with E-state index in [-0.39, 0.29) is 24.5 Å². The van der Waals surface area contributed by atoms with Crippen LogP contribution >= 0.6 is 11.3 Å². The first-order chi connectivity index (χ1) is 13.5. The minimum atomic E-state index is -0.317. The molecule has 0 aliphatic carbocycles. The topological polar surface area (TPSA) is 70.4 Å². The Balaban J connectivity index is 2.06. The lowest BCUT2D eigenvalue weighted by molar-refractivity contribution is -0.143. The molecule has 0 bridgehead atoms. The number of benzene rings is 1. The van der Waals surface area contributed by atoms with Crippen LogP contribution in [0.1, 0.15) is 31.0 Å². The van der Waals surface area contributed by atoms with Crippen LogP contribution in [0, 0.1) is 13.8 Å². The molecule has 1 aromatic carbocycles. The van der Waals surface area contributed by atoms with Gasteiger partial charge in [0, 0.05) is 17.0 Å². The van der Waals surface area contributed by atoms with E-state index >= 15 is 0 Å². The third kappa shape index (κ3) is 3.94. The zero-order chi connectivity index (χ0) is 20.3. The molecule has 3 rings (SSSR count). The molecule has 148 valence electrons. The quantitative estimate of drug-likeness (QED) is 0.559. The van der Waals surface area contributed by atoms with Crippen LogP contribution < -0.4 is 10.3 Å². The maximum atomic E-state index is 13.2. The standard InChI is InChI=1S/C21H24N2O4S/c1-5-26-16-9-7-15(8-10-16)18-13(3)28-20-19(18)21(25)23(14(4)22-20)12-11-17(24)27-6-2/h7-10H,5-6,11-12H2,1-4H3. The second-order valence-corrected chi connectivity index (χ2v) is 7.54. The molecule has 0 spiro atoms. The molecular weight excluding hydrogens is 376 g/mol. The molecule has 0 unspecified atom stereocenters. The summed E-state index contributed by atoms with van der Waals surface area (Å²) in [5.74, 6) is 1.08. The van der Waals surface area contributed by atoms with E-state index in [0.717, 1.165) is 26.6 Å². The van der Waals surface area contributed by atoms with Gasteiger partial charge in [0.05, 0.1) is 25.0 Å². The van der Waals surface area contributed by atoms with Gasteiger partial charge in [-0.05, 0) is 45.4 Å². The van der Waals surface area contributed by atoms with Gasteiger partial charge in [0.2, 0.25) is 0 Å². The van der Waals surface area contributed by atoms with Crippen LogP contribution in [0.4, 0.5) is 0 Å². The van der Waals surface area contributed by atoms with E-state index in [1.807, 2.05) is 38.1 Å². The Kier molecular flexibility index (Phi) is 6.14. The molecule has 0 radical (unpaired) electrons. The highest BCUT2D eigenvalue weighted by molar-refractivity contribution is 7.19. The fourth-order valence-electron chi connectivity index (χ4n) is 3.23. The molecule has 0 N–H and O–H groups in total. The number of hydrogen-bond donors (Lipinski definition) is 0. The number of carbonyl (C=O) groups is 1. The number of ether oxygens (including phenoxy) is 2. The fourth-order valence-corrected chi connectivity index (χ4v) is 4.31. The first-order valence-electron chi connectivity index (χ1n) is 9.35. The van der Waals surface area contributed by atoms with Gasteiger partial charge in [-0.2, -0.15) is 0 Å². The van der Waals surface area contributed by atoms with Crippen molar-refractivity contribution in [3.8, 4) is 16.9 Å². The van der Waals surface area contributed by atoms with Crippen LogP contribution in [0.25, 0.3) is 21.3 Å². The lowest BCUT2D eigenvalue weighted by Crippen LogP contribution is -2.25. The normalized spacial score (nSPS) is 11.0. The number of aromatic nitrogens is 2. The number of nitrogens with zero attached hydrogens (tertiary/aromatic N) is 2. The number of carbonyl (C=O) groups excluding carboxylic acids is 1. The number of esters is 1. The molecule has 0 aliphatic rings. The second-order valence-electron chi connectivity index (χ2n) is 6.34. The summed E-state index contributed by atoms with van der Waals surface area (Å²) in [4.78, 5) is 31.3. The van der Waals surface area contributed by atoms with Gasteiger partial charge in [0.1, 0.15) is 16.4 Å². The van der Waals surface area contributed by atoms with Gasteiger partial charge in [-0.3, -0.25) is 14.2 Å². The van der Waals surface area contributed by atoms with E-state index in [1.54, 1.807) is 18.4 Å². The van der Waals surface area contributed by atoms with Crippen LogP contribution in [0.2, 0.25) is 0 Å². The third-order valence-electron chi connectivity index (χ3n) is 4.48. The van der Waals surface area contributed by atoms with E-state index in [2.05, 4.69) is 4.98 Å². The van der Waals surface area contributed by atoms with Crippen molar-refractivity contribution in [3.63, 3.8) is 0 Å². The van der Waals surface area contributed by atoms with Gasteiger partial charge in [-0.1, -0.05) is 12.1 Å². The molecule has 0 fully saturated rings. The maximum Gasteiger partial charge on any atom is 0.307 e. The Labute approximate surface area is 167 Å². The largest absolute Gasteiger partial charge is 0.494 e. The molecule has 6 nitrogen and oxygen atoms in total. The van der Waals surface area contributed by atoms with Crippen LogP contribution in [-0.4, -0.2) is 28.7 Å². The molecule has 2 heterocycles. The van der Waals surface area contributed by atoms with Gasteiger partial charge in [0.15, 0.2) is 0 Å². The SMILES string of the molecule is CCOC(=O)CCn1c(C)nc2sc(C)c(-c3ccc(OCC)cc3)c2c1=O. The number of aryl methyl sites for hydroxylation is 2. The molecule has 0 saturated heterocycles. The molecule has 0 amide bonds. The Bertz CT molecular complexity index is 1050. The molecule has 28 heavy (non-hydrogen) atoms. The maximum absolute atomic E-state index is 13.2. The first kappa shape index (κ1) is 20.1.